The predicted molar refractivity (Wildman–Crippen MR) is 92.4 cm³/mol. The highest BCUT2D eigenvalue weighted by Crippen LogP contribution is 2.38. The summed E-state index contributed by atoms with van der Waals surface area (Å²) in [6.07, 6.45) is 0. The van der Waals surface area contributed by atoms with Gasteiger partial charge in [0.15, 0.2) is 0 Å². The number of aryl methyl sites for hydroxylation is 1. The van der Waals surface area contributed by atoms with Crippen LogP contribution in [0.15, 0.2) is 47.5 Å². The highest BCUT2D eigenvalue weighted by molar-refractivity contribution is 7.78. The lowest BCUT2D eigenvalue weighted by Gasteiger charge is -1.99. The second kappa shape index (κ2) is 6.00. The summed E-state index contributed by atoms with van der Waals surface area (Å²) < 4.78 is 13.9. The van der Waals surface area contributed by atoms with Crippen LogP contribution in [0.5, 0.6) is 0 Å². The average Bonchev–Trinajstić information content (AvgIpc) is 3.10. The Morgan fingerprint density at radius 1 is 1.00 bits per heavy atom. The number of rotatable bonds is 3. The van der Waals surface area contributed by atoms with Gasteiger partial charge in [0, 0.05) is 19.5 Å². The quantitative estimate of drug-likeness (QED) is 0.404. The molecule has 0 fully saturated rings. The summed E-state index contributed by atoms with van der Waals surface area (Å²) in [5.74, 6) is -0.383. The molecule has 2 heterocycles. The number of halogens is 1. The Morgan fingerprint density at radius 2 is 1.71 bits per heavy atom. The van der Waals surface area contributed by atoms with Crippen LogP contribution in [-0.2, 0) is 0 Å². The molecule has 0 spiro atoms. The molecule has 21 heavy (non-hydrogen) atoms. The largest absolute Gasteiger partial charge is 0.205 e. The van der Waals surface area contributed by atoms with Gasteiger partial charge < -0.3 is 0 Å². The van der Waals surface area contributed by atoms with E-state index in [1.54, 1.807) is 28.7 Å². The van der Waals surface area contributed by atoms with Gasteiger partial charge in [0.25, 0.3) is 0 Å². The normalized spacial score (nSPS) is 10.4. The van der Waals surface area contributed by atoms with Gasteiger partial charge >= 0.3 is 0 Å². The van der Waals surface area contributed by atoms with Crippen molar-refractivity contribution in [2.45, 2.75) is 6.92 Å². The fraction of sp³-hybridized carbons (Fsp3) is 0.0625. The molecule has 3 aromatic rings. The van der Waals surface area contributed by atoms with Crippen molar-refractivity contribution in [3.63, 3.8) is 0 Å². The number of hydrogen-bond acceptors (Lipinski definition) is 4. The number of benzene rings is 1. The zero-order valence-corrected chi connectivity index (χ0v) is 13.5. The van der Waals surface area contributed by atoms with Crippen molar-refractivity contribution in [1.82, 2.24) is 0 Å². The Labute approximate surface area is 135 Å². The number of nitrogens with zero attached hydrogens (tertiary/aromatic N) is 1. The monoisotopic (exact) mass is 331 g/mol. The maximum atomic E-state index is 13.9. The molecule has 1 nitrogen and oxygen atoms in total. The molecule has 0 atom stereocenters. The topological polar surface area (TPSA) is 12.4 Å². The Hall–Kier alpha value is -1.65. The van der Waals surface area contributed by atoms with Crippen LogP contribution in [0.1, 0.15) is 4.88 Å². The summed E-state index contributed by atoms with van der Waals surface area (Å²) in [5.41, 5.74) is 1.07. The third-order valence-corrected chi connectivity index (χ3v) is 5.41. The lowest BCUT2D eigenvalue weighted by atomic mass is 10.1. The molecule has 0 aliphatic carbocycles. The molecule has 0 N–H and O–H groups in total. The van der Waals surface area contributed by atoms with Gasteiger partial charge in [-0.05, 0) is 61.1 Å². The smallest absolute Gasteiger partial charge is 0.150 e. The van der Waals surface area contributed by atoms with Crippen LogP contribution in [0.4, 0.5) is 10.1 Å². The number of thiophene rings is 2. The molecule has 0 amide bonds. The Balaban J connectivity index is 1.96. The van der Waals surface area contributed by atoms with Gasteiger partial charge in [-0.2, -0.15) is 4.99 Å². The zero-order chi connectivity index (χ0) is 14.8. The minimum atomic E-state index is -0.383. The second-order valence-electron chi connectivity index (χ2n) is 4.44. The van der Waals surface area contributed by atoms with Crippen LogP contribution in [-0.4, -0.2) is 5.16 Å². The van der Waals surface area contributed by atoms with Crippen LogP contribution in [0, 0.1) is 12.7 Å². The molecule has 104 valence electrons. The summed E-state index contributed by atoms with van der Waals surface area (Å²) in [5, 5.41) is 2.18. The van der Waals surface area contributed by atoms with Crippen molar-refractivity contribution in [2.24, 2.45) is 4.99 Å². The fourth-order valence-electron chi connectivity index (χ4n) is 1.99. The third kappa shape index (κ3) is 3.01. The van der Waals surface area contributed by atoms with Crippen molar-refractivity contribution < 1.29 is 4.39 Å². The van der Waals surface area contributed by atoms with E-state index in [1.807, 2.05) is 12.1 Å². The van der Waals surface area contributed by atoms with E-state index >= 15 is 0 Å². The van der Waals surface area contributed by atoms with Crippen molar-refractivity contribution in [3.8, 4) is 20.2 Å². The Kier molecular flexibility index (Phi) is 4.08. The van der Waals surface area contributed by atoms with E-state index in [1.165, 1.54) is 20.7 Å². The molecule has 5 heteroatoms. The third-order valence-electron chi connectivity index (χ3n) is 2.99. The van der Waals surface area contributed by atoms with E-state index in [-0.39, 0.29) is 11.5 Å². The second-order valence-corrected chi connectivity index (χ2v) is 7.00. The zero-order valence-electron chi connectivity index (χ0n) is 11.1. The minimum absolute atomic E-state index is 0.222. The molecular weight excluding hydrogens is 321 g/mol. The summed E-state index contributed by atoms with van der Waals surface area (Å²) in [6, 6.07) is 13.3. The molecule has 0 radical (unpaired) electrons. The van der Waals surface area contributed by atoms with Crippen molar-refractivity contribution in [1.29, 1.82) is 0 Å². The maximum Gasteiger partial charge on any atom is 0.150 e. The van der Waals surface area contributed by atoms with Gasteiger partial charge in [0.1, 0.15) is 11.5 Å². The highest BCUT2D eigenvalue weighted by atomic mass is 32.1. The summed E-state index contributed by atoms with van der Waals surface area (Å²) in [4.78, 5) is 8.45. The minimum Gasteiger partial charge on any atom is -0.205 e. The van der Waals surface area contributed by atoms with Crippen LogP contribution in [0.3, 0.4) is 0 Å². The van der Waals surface area contributed by atoms with Crippen molar-refractivity contribution >= 4 is 45.7 Å². The standard InChI is InChI=1S/C16H10FNS3/c1-10-2-5-15(20-10)16-7-6-14(21-16)11-3-4-13(18-9-19)12(17)8-11/h2-8H,1H3. The SMILES string of the molecule is Cc1ccc(-c2ccc(-c3ccc(N=C=S)c(F)c3)s2)s1. The molecule has 1 aromatic carbocycles. The Bertz CT molecular complexity index is 841. The van der Waals surface area contributed by atoms with Crippen LogP contribution in [0.25, 0.3) is 20.2 Å². The summed E-state index contributed by atoms with van der Waals surface area (Å²) in [7, 11) is 0. The summed E-state index contributed by atoms with van der Waals surface area (Å²) in [6.45, 7) is 2.09. The number of thiocarbonyl (C=S) groups is 1. The molecule has 2 aromatic heterocycles. The number of isothiocyanates is 1. The molecule has 0 saturated heterocycles. The molecule has 3 rings (SSSR count). The first-order valence-electron chi connectivity index (χ1n) is 6.22. The van der Waals surface area contributed by atoms with E-state index < -0.39 is 0 Å². The Morgan fingerprint density at radius 3 is 2.38 bits per heavy atom. The van der Waals surface area contributed by atoms with E-state index in [2.05, 4.69) is 47.5 Å². The molecule has 0 saturated carbocycles. The van der Waals surface area contributed by atoms with E-state index in [9.17, 15) is 4.39 Å². The first kappa shape index (κ1) is 14.3. The number of aliphatic imine (C=N–C) groups is 1. The first-order chi connectivity index (χ1) is 10.2. The first-order valence-corrected chi connectivity index (χ1v) is 8.26. The van der Waals surface area contributed by atoms with E-state index in [4.69, 9.17) is 0 Å². The average molecular weight is 331 g/mol. The summed E-state index contributed by atoms with van der Waals surface area (Å²) >= 11 is 7.92. The van der Waals surface area contributed by atoms with Crippen LogP contribution < -0.4 is 0 Å². The van der Waals surface area contributed by atoms with Crippen molar-refractivity contribution in [3.05, 3.63) is 53.2 Å². The van der Waals surface area contributed by atoms with E-state index in [0.717, 1.165) is 10.4 Å². The fourth-order valence-corrected chi connectivity index (χ4v) is 4.05. The number of hydrogen-bond donors (Lipinski definition) is 0. The van der Waals surface area contributed by atoms with Crippen molar-refractivity contribution in [2.75, 3.05) is 0 Å². The van der Waals surface area contributed by atoms with Gasteiger partial charge in [0.05, 0.1) is 5.16 Å². The molecule has 0 aliphatic rings. The predicted octanol–water partition coefficient (Wildman–Crippen LogP) is 6.33. The molecule has 0 unspecified atom stereocenters. The van der Waals surface area contributed by atoms with Gasteiger partial charge in [-0.25, -0.2) is 4.39 Å². The molecule has 0 aliphatic heterocycles. The van der Waals surface area contributed by atoms with E-state index in [0.29, 0.717) is 0 Å². The lowest BCUT2D eigenvalue weighted by Crippen LogP contribution is -1.78. The maximum absolute atomic E-state index is 13.9. The van der Waals surface area contributed by atoms with Gasteiger partial charge in [0.2, 0.25) is 0 Å². The lowest BCUT2D eigenvalue weighted by molar-refractivity contribution is 0.630. The van der Waals surface area contributed by atoms with Gasteiger partial charge in [-0.15, -0.1) is 22.7 Å². The highest BCUT2D eigenvalue weighted by Gasteiger charge is 2.09. The molecule has 0 bridgehead atoms. The van der Waals surface area contributed by atoms with Gasteiger partial charge in [-0.1, -0.05) is 6.07 Å². The van der Waals surface area contributed by atoms with Gasteiger partial charge in [-0.3, -0.25) is 0 Å². The van der Waals surface area contributed by atoms with Crippen LogP contribution >= 0.6 is 34.9 Å². The van der Waals surface area contributed by atoms with Crippen LogP contribution in [0.2, 0.25) is 0 Å². The molecular formula is C16H10FNS3.